The number of hydrogen-bond acceptors (Lipinski definition) is 3. The van der Waals surface area contributed by atoms with E-state index in [4.69, 9.17) is 0 Å². The van der Waals surface area contributed by atoms with Gasteiger partial charge in [-0.3, -0.25) is 9.59 Å². The first-order chi connectivity index (χ1) is 11.4. The van der Waals surface area contributed by atoms with Crippen molar-refractivity contribution in [3.05, 3.63) is 65.2 Å². The van der Waals surface area contributed by atoms with Crippen LogP contribution < -0.4 is 10.6 Å². The molecule has 2 amide bonds. The van der Waals surface area contributed by atoms with Crippen LogP contribution in [0.3, 0.4) is 0 Å². The van der Waals surface area contributed by atoms with E-state index in [9.17, 15) is 23.5 Å². The van der Waals surface area contributed by atoms with Crippen LogP contribution in [-0.2, 0) is 9.59 Å². The second-order valence-electron chi connectivity index (χ2n) is 5.20. The third-order valence-corrected chi connectivity index (χ3v) is 3.33. The molecular weight excluding hydrogens is 318 g/mol. The summed E-state index contributed by atoms with van der Waals surface area (Å²) in [6.45, 7) is 1.30. The minimum atomic E-state index is -1.16. The standard InChI is InChI=1S/C17H16F2N2O3/c1-10-5-6-13(8-14(10)19)21-17(24)16(23)20-9-15(22)11-3-2-4-12(18)7-11/h2-8,15,22H,9H2,1H3,(H,20,23)(H,21,24). The van der Waals surface area contributed by atoms with Gasteiger partial charge < -0.3 is 15.7 Å². The number of hydrogen-bond donors (Lipinski definition) is 3. The Hall–Kier alpha value is -2.80. The molecule has 0 spiro atoms. The van der Waals surface area contributed by atoms with E-state index in [1.165, 1.54) is 30.3 Å². The molecule has 2 aromatic rings. The Bertz CT molecular complexity index is 765. The van der Waals surface area contributed by atoms with Gasteiger partial charge in [-0.2, -0.15) is 0 Å². The zero-order valence-electron chi connectivity index (χ0n) is 12.8. The Morgan fingerprint density at radius 2 is 1.88 bits per heavy atom. The lowest BCUT2D eigenvalue weighted by Crippen LogP contribution is -2.37. The number of carbonyl (C=O) groups is 2. The van der Waals surface area contributed by atoms with E-state index in [2.05, 4.69) is 10.6 Å². The highest BCUT2D eigenvalue weighted by molar-refractivity contribution is 6.39. The average Bonchev–Trinajstić information content (AvgIpc) is 2.55. The van der Waals surface area contributed by atoms with Crippen molar-refractivity contribution < 1.29 is 23.5 Å². The summed E-state index contributed by atoms with van der Waals surface area (Å²) >= 11 is 0. The molecule has 0 aliphatic heterocycles. The van der Waals surface area contributed by atoms with Crippen LogP contribution >= 0.6 is 0 Å². The van der Waals surface area contributed by atoms with Crippen molar-refractivity contribution in [1.29, 1.82) is 0 Å². The van der Waals surface area contributed by atoms with Crippen LogP contribution in [-0.4, -0.2) is 23.5 Å². The fourth-order valence-corrected chi connectivity index (χ4v) is 1.96. The Balaban J connectivity index is 1.89. The van der Waals surface area contributed by atoms with Gasteiger partial charge in [0.25, 0.3) is 0 Å². The van der Waals surface area contributed by atoms with Crippen molar-refractivity contribution in [2.75, 3.05) is 11.9 Å². The van der Waals surface area contributed by atoms with E-state index >= 15 is 0 Å². The molecule has 3 N–H and O–H groups in total. The van der Waals surface area contributed by atoms with Crippen LogP contribution in [0.2, 0.25) is 0 Å². The van der Waals surface area contributed by atoms with Gasteiger partial charge >= 0.3 is 11.8 Å². The molecule has 5 nitrogen and oxygen atoms in total. The number of benzene rings is 2. The minimum absolute atomic E-state index is 0.143. The lowest BCUT2D eigenvalue weighted by atomic mass is 10.1. The van der Waals surface area contributed by atoms with Crippen LogP contribution in [0.5, 0.6) is 0 Å². The van der Waals surface area contributed by atoms with Gasteiger partial charge in [-0.1, -0.05) is 18.2 Å². The van der Waals surface area contributed by atoms with Crippen molar-refractivity contribution in [2.24, 2.45) is 0 Å². The monoisotopic (exact) mass is 334 g/mol. The number of halogens is 2. The quantitative estimate of drug-likeness (QED) is 0.749. The molecule has 0 saturated carbocycles. The highest BCUT2D eigenvalue weighted by atomic mass is 19.1. The maximum Gasteiger partial charge on any atom is 0.313 e. The predicted molar refractivity (Wildman–Crippen MR) is 84.1 cm³/mol. The molecule has 0 saturated heterocycles. The second-order valence-corrected chi connectivity index (χ2v) is 5.20. The highest BCUT2D eigenvalue weighted by Gasteiger charge is 2.16. The summed E-state index contributed by atoms with van der Waals surface area (Å²) in [5.41, 5.74) is 0.830. The number of anilines is 1. The normalized spacial score (nSPS) is 11.7. The summed E-state index contributed by atoms with van der Waals surface area (Å²) in [6, 6.07) is 9.31. The van der Waals surface area contributed by atoms with Gasteiger partial charge in [-0.25, -0.2) is 8.78 Å². The van der Waals surface area contributed by atoms with E-state index < -0.39 is 29.6 Å². The van der Waals surface area contributed by atoms with Crippen molar-refractivity contribution in [3.8, 4) is 0 Å². The topological polar surface area (TPSA) is 78.4 Å². The number of aryl methyl sites for hydroxylation is 1. The number of rotatable bonds is 4. The molecular formula is C17H16F2N2O3. The maximum atomic E-state index is 13.4. The second kappa shape index (κ2) is 7.65. The molecule has 1 atom stereocenters. The zero-order chi connectivity index (χ0) is 17.7. The van der Waals surface area contributed by atoms with Gasteiger partial charge in [0, 0.05) is 12.2 Å². The molecule has 0 aliphatic carbocycles. The van der Waals surface area contributed by atoms with Crippen molar-refractivity contribution in [3.63, 3.8) is 0 Å². The molecule has 126 valence electrons. The summed E-state index contributed by atoms with van der Waals surface area (Å²) in [7, 11) is 0. The van der Waals surface area contributed by atoms with Crippen molar-refractivity contribution >= 4 is 17.5 Å². The molecule has 2 aromatic carbocycles. The van der Waals surface area contributed by atoms with Crippen LogP contribution in [0.15, 0.2) is 42.5 Å². The third-order valence-electron chi connectivity index (χ3n) is 3.33. The Labute approximate surface area is 137 Å². The van der Waals surface area contributed by atoms with E-state index in [1.807, 2.05) is 0 Å². The molecule has 24 heavy (non-hydrogen) atoms. The minimum Gasteiger partial charge on any atom is -0.387 e. The largest absolute Gasteiger partial charge is 0.387 e. The van der Waals surface area contributed by atoms with E-state index in [-0.39, 0.29) is 17.8 Å². The SMILES string of the molecule is Cc1ccc(NC(=O)C(=O)NCC(O)c2cccc(F)c2)cc1F. The third kappa shape index (κ3) is 4.60. The molecule has 0 fully saturated rings. The first kappa shape index (κ1) is 17.6. The van der Waals surface area contributed by atoms with Crippen molar-refractivity contribution in [1.82, 2.24) is 5.32 Å². The Morgan fingerprint density at radius 3 is 2.54 bits per heavy atom. The number of aliphatic hydroxyl groups excluding tert-OH is 1. The van der Waals surface area contributed by atoms with Crippen LogP contribution in [0.25, 0.3) is 0 Å². The Kier molecular flexibility index (Phi) is 5.59. The molecule has 0 aliphatic rings. The van der Waals surface area contributed by atoms with Gasteiger partial charge in [0.15, 0.2) is 0 Å². The lowest BCUT2D eigenvalue weighted by molar-refractivity contribution is -0.136. The van der Waals surface area contributed by atoms with Crippen LogP contribution in [0.1, 0.15) is 17.2 Å². The smallest absolute Gasteiger partial charge is 0.313 e. The number of amides is 2. The van der Waals surface area contributed by atoms with Crippen LogP contribution in [0.4, 0.5) is 14.5 Å². The molecule has 0 radical (unpaired) electrons. The van der Waals surface area contributed by atoms with E-state index in [0.717, 1.165) is 12.1 Å². The van der Waals surface area contributed by atoms with Crippen molar-refractivity contribution in [2.45, 2.75) is 13.0 Å². The first-order valence-electron chi connectivity index (χ1n) is 7.15. The molecule has 0 bridgehead atoms. The van der Waals surface area contributed by atoms with Crippen LogP contribution in [0, 0.1) is 18.6 Å². The zero-order valence-corrected chi connectivity index (χ0v) is 12.8. The lowest BCUT2D eigenvalue weighted by Gasteiger charge is -2.12. The fraction of sp³-hybridized carbons (Fsp3) is 0.176. The molecule has 0 heterocycles. The average molecular weight is 334 g/mol. The summed E-state index contributed by atoms with van der Waals surface area (Å²) in [6.07, 6.45) is -1.16. The summed E-state index contributed by atoms with van der Waals surface area (Å²) in [4.78, 5) is 23.4. The summed E-state index contributed by atoms with van der Waals surface area (Å²) < 4.78 is 26.5. The van der Waals surface area contributed by atoms with Gasteiger partial charge in [0.2, 0.25) is 0 Å². The number of nitrogens with one attached hydrogen (secondary N) is 2. The van der Waals surface area contributed by atoms with E-state index in [1.54, 1.807) is 6.92 Å². The number of carbonyl (C=O) groups excluding carboxylic acids is 2. The van der Waals surface area contributed by atoms with Gasteiger partial charge in [-0.05, 0) is 42.3 Å². The van der Waals surface area contributed by atoms with Gasteiger partial charge in [-0.15, -0.1) is 0 Å². The first-order valence-corrected chi connectivity index (χ1v) is 7.15. The highest BCUT2D eigenvalue weighted by Crippen LogP contribution is 2.14. The predicted octanol–water partition coefficient (Wildman–Crippen LogP) is 2.06. The molecule has 7 heteroatoms. The maximum absolute atomic E-state index is 13.4. The van der Waals surface area contributed by atoms with E-state index in [0.29, 0.717) is 5.56 Å². The summed E-state index contributed by atoms with van der Waals surface area (Å²) in [5, 5.41) is 14.3. The van der Waals surface area contributed by atoms with Gasteiger partial charge in [0.1, 0.15) is 11.6 Å². The Morgan fingerprint density at radius 1 is 1.12 bits per heavy atom. The van der Waals surface area contributed by atoms with Gasteiger partial charge in [0.05, 0.1) is 6.10 Å². The fourth-order valence-electron chi connectivity index (χ4n) is 1.96. The molecule has 0 aromatic heterocycles. The molecule has 1 unspecified atom stereocenters. The number of aliphatic hydroxyl groups is 1. The molecule has 2 rings (SSSR count). The summed E-state index contributed by atoms with van der Waals surface area (Å²) in [5.74, 6) is -3.01.